The van der Waals surface area contributed by atoms with Crippen molar-refractivity contribution in [3.05, 3.63) is 40.2 Å². The van der Waals surface area contributed by atoms with Crippen LogP contribution in [0.4, 0.5) is 0 Å². The van der Waals surface area contributed by atoms with Crippen LogP contribution in [0.25, 0.3) is 0 Å². The normalized spacial score (nSPS) is 26.5. The average Bonchev–Trinajstić information content (AvgIpc) is 3.04. The topological polar surface area (TPSA) is 46.3 Å². The van der Waals surface area contributed by atoms with Crippen LogP contribution in [-0.4, -0.2) is 28.9 Å². The van der Waals surface area contributed by atoms with Crippen LogP contribution in [0.3, 0.4) is 0 Å². The maximum Gasteiger partial charge on any atom is 0.223 e. The number of furan rings is 1. The molecule has 2 aromatic heterocycles. The fourth-order valence-corrected chi connectivity index (χ4v) is 4.44. The number of carbonyl (C=O) groups is 1. The van der Waals surface area contributed by atoms with Crippen molar-refractivity contribution in [3.8, 4) is 0 Å². The molecular formula is C19H24N2O2S. The zero-order valence-corrected chi connectivity index (χ0v) is 14.9. The number of amides is 1. The summed E-state index contributed by atoms with van der Waals surface area (Å²) in [5.41, 5.74) is 0. The number of nitrogens with zero attached hydrogens (tertiary/aromatic N) is 2. The summed E-state index contributed by atoms with van der Waals surface area (Å²) in [6.45, 7) is 3.95. The second-order valence-electron chi connectivity index (χ2n) is 7.17. The number of likely N-dealkylation sites (tertiary alicyclic amines) is 1. The van der Waals surface area contributed by atoms with Crippen LogP contribution >= 0.6 is 11.3 Å². The Kier molecular flexibility index (Phi) is 4.44. The van der Waals surface area contributed by atoms with E-state index < -0.39 is 0 Å². The van der Waals surface area contributed by atoms with Crippen molar-refractivity contribution < 1.29 is 9.21 Å². The minimum absolute atomic E-state index is 0.244. The molecule has 2 aliphatic rings. The van der Waals surface area contributed by atoms with Gasteiger partial charge in [-0.1, -0.05) is 6.92 Å². The molecule has 3 heterocycles. The summed E-state index contributed by atoms with van der Waals surface area (Å²) in [5, 5.41) is 3.19. The maximum atomic E-state index is 12.6. The van der Waals surface area contributed by atoms with Crippen molar-refractivity contribution >= 4 is 17.2 Å². The third-order valence-corrected chi connectivity index (χ3v) is 6.26. The van der Waals surface area contributed by atoms with Crippen LogP contribution in [0.15, 0.2) is 28.1 Å². The molecule has 1 aliphatic carbocycles. The van der Waals surface area contributed by atoms with Gasteiger partial charge in [0.25, 0.3) is 0 Å². The molecule has 0 radical (unpaired) electrons. The molecule has 3 atom stereocenters. The molecule has 0 unspecified atom stereocenters. The van der Waals surface area contributed by atoms with Crippen LogP contribution in [-0.2, 0) is 11.2 Å². The number of piperidine rings is 1. The van der Waals surface area contributed by atoms with E-state index in [1.165, 1.54) is 11.4 Å². The molecule has 5 heteroatoms. The van der Waals surface area contributed by atoms with Crippen LogP contribution in [0.5, 0.6) is 0 Å². The summed E-state index contributed by atoms with van der Waals surface area (Å²) >= 11 is 1.70. The van der Waals surface area contributed by atoms with E-state index in [2.05, 4.69) is 18.0 Å². The van der Waals surface area contributed by atoms with Gasteiger partial charge in [-0.15, -0.1) is 11.3 Å². The Labute approximate surface area is 146 Å². The van der Waals surface area contributed by atoms with Crippen LogP contribution in [0.1, 0.15) is 61.0 Å². The Morgan fingerprint density at radius 3 is 3.08 bits per heavy atom. The van der Waals surface area contributed by atoms with Gasteiger partial charge in [0.15, 0.2) is 0 Å². The van der Waals surface area contributed by atoms with Crippen molar-refractivity contribution in [2.75, 3.05) is 13.1 Å². The summed E-state index contributed by atoms with van der Waals surface area (Å²) in [5.74, 6) is 4.07. The lowest BCUT2D eigenvalue weighted by Crippen LogP contribution is -2.39. The Balaban J connectivity index is 1.30. The zero-order chi connectivity index (χ0) is 16.5. The predicted octanol–water partition coefficient (Wildman–Crippen LogP) is 4.20. The molecular weight excluding hydrogens is 320 g/mol. The van der Waals surface area contributed by atoms with Crippen LogP contribution in [0, 0.1) is 5.92 Å². The zero-order valence-electron chi connectivity index (χ0n) is 14.1. The van der Waals surface area contributed by atoms with E-state index in [0.717, 1.165) is 43.4 Å². The van der Waals surface area contributed by atoms with Crippen molar-refractivity contribution in [1.82, 2.24) is 9.88 Å². The number of thiazole rings is 1. The molecule has 0 bridgehead atoms. The molecule has 0 spiro atoms. The molecule has 1 aliphatic heterocycles. The van der Waals surface area contributed by atoms with Gasteiger partial charge in [0.1, 0.15) is 11.5 Å². The van der Waals surface area contributed by atoms with Gasteiger partial charge < -0.3 is 9.32 Å². The summed E-state index contributed by atoms with van der Waals surface area (Å²) in [6, 6.07) is 4.13. The number of carbonyl (C=O) groups excluding carboxylic acids is 1. The number of hydrogen-bond acceptors (Lipinski definition) is 4. The molecule has 4 nitrogen and oxygen atoms in total. The summed E-state index contributed by atoms with van der Waals surface area (Å²) in [7, 11) is 0. The first-order valence-corrected chi connectivity index (χ1v) is 9.84. The van der Waals surface area contributed by atoms with Crippen LogP contribution < -0.4 is 0 Å². The lowest BCUT2D eigenvalue weighted by molar-refractivity contribution is -0.132. The second kappa shape index (κ2) is 6.71. The fraction of sp³-hybridized carbons (Fsp3) is 0.579. The highest BCUT2D eigenvalue weighted by Gasteiger charge is 2.36. The quantitative estimate of drug-likeness (QED) is 0.817. The molecule has 2 aromatic rings. The molecule has 0 aromatic carbocycles. The van der Waals surface area contributed by atoms with E-state index >= 15 is 0 Å². The number of hydrogen-bond donors (Lipinski definition) is 0. The van der Waals surface area contributed by atoms with Crippen molar-refractivity contribution in [2.24, 2.45) is 5.92 Å². The molecule has 1 amide bonds. The van der Waals surface area contributed by atoms with E-state index in [9.17, 15) is 4.79 Å². The monoisotopic (exact) mass is 344 g/mol. The van der Waals surface area contributed by atoms with Crippen molar-refractivity contribution in [1.29, 1.82) is 0 Å². The van der Waals surface area contributed by atoms with Gasteiger partial charge >= 0.3 is 0 Å². The minimum atomic E-state index is 0.244. The Hall–Kier alpha value is -1.62. The maximum absolute atomic E-state index is 12.6. The van der Waals surface area contributed by atoms with E-state index in [1.807, 2.05) is 22.5 Å². The lowest BCUT2D eigenvalue weighted by Gasteiger charge is -2.31. The lowest BCUT2D eigenvalue weighted by atomic mass is 9.98. The Morgan fingerprint density at radius 2 is 2.33 bits per heavy atom. The molecule has 24 heavy (non-hydrogen) atoms. The van der Waals surface area contributed by atoms with Gasteiger partial charge in [-0.3, -0.25) is 4.79 Å². The molecule has 2 fully saturated rings. The van der Waals surface area contributed by atoms with E-state index in [4.69, 9.17) is 4.42 Å². The van der Waals surface area contributed by atoms with Gasteiger partial charge in [-0.2, -0.15) is 0 Å². The smallest absolute Gasteiger partial charge is 0.223 e. The van der Waals surface area contributed by atoms with E-state index in [1.54, 1.807) is 11.3 Å². The Bertz CT molecular complexity index is 694. The molecule has 0 N–H and O–H groups in total. The largest absolute Gasteiger partial charge is 0.466 e. The van der Waals surface area contributed by atoms with Gasteiger partial charge in [0, 0.05) is 49.3 Å². The summed E-state index contributed by atoms with van der Waals surface area (Å²) in [6.07, 6.45) is 6.54. The molecule has 1 saturated carbocycles. The number of aryl methyl sites for hydroxylation is 1. The van der Waals surface area contributed by atoms with Gasteiger partial charge in [-0.05, 0) is 37.3 Å². The highest BCUT2D eigenvalue weighted by molar-refractivity contribution is 7.09. The van der Waals surface area contributed by atoms with Gasteiger partial charge in [0.2, 0.25) is 5.91 Å². The molecule has 1 saturated heterocycles. The third-order valence-electron chi connectivity index (χ3n) is 5.32. The van der Waals surface area contributed by atoms with E-state index in [0.29, 0.717) is 24.7 Å². The first kappa shape index (κ1) is 15.9. The predicted molar refractivity (Wildman–Crippen MR) is 94.2 cm³/mol. The molecule has 128 valence electrons. The summed E-state index contributed by atoms with van der Waals surface area (Å²) < 4.78 is 5.92. The van der Waals surface area contributed by atoms with E-state index in [-0.39, 0.29) is 5.91 Å². The van der Waals surface area contributed by atoms with Gasteiger partial charge in [-0.25, -0.2) is 4.98 Å². The SMILES string of the molecule is C[C@@H]1C[C@H]1c1ccc(CCC(=O)N2CCC[C@H](c3nccs3)C2)o1. The average molecular weight is 344 g/mol. The third kappa shape index (κ3) is 3.41. The first-order valence-electron chi connectivity index (χ1n) is 8.96. The van der Waals surface area contributed by atoms with Gasteiger partial charge in [0.05, 0.1) is 5.01 Å². The Morgan fingerprint density at radius 1 is 1.46 bits per heavy atom. The fourth-order valence-electron chi connectivity index (χ4n) is 3.68. The first-order chi connectivity index (χ1) is 11.7. The standard InChI is InChI=1S/C19H24N2O2S/c1-13-11-16(13)17-6-4-15(23-17)5-7-18(22)21-9-2-3-14(12-21)19-20-8-10-24-19/h4,6,8,10,13-14,16H,2-3,5,7,9,11-12H2,1H3/t13-,14+,16-/m1/s1. The highest BCUT2D eigenvalue weighted by Crippen LogP contribution is 2.47. The number of aromatic nitrogens is 1. The minimum Gasteiger partial charge on any atom is -0.466 e. The molecule has 4 rings (SSSR count). The van der Waals surface area contributed by atoms with Crippen molar-refractivity contribution in [3.63, 3.8) is 0 Å². The summed E-state index contributed by atoms with van der Waals surface area (Å²) in [4.78, 5) is 19.0. The van der Waals surface area contributed by atoms with Crippen LogP contribution in [0.2, 0.25) is 0 Å². The number of rotatable bonds is 5. The highest BCUT2D eigenvalue weighted by atomic mass is 32.1. The van der Waals surface area contributed by atoms with Crippen molar-refractivity contribution in [2.45, 2.75) is 50.9 Å². The second-order valence-corrected chi connectivity index (χ2v) is 8.10.